The van der Waals surface area contributed by atoms with Crippen LogP contribution in [0.25, 0.3) is 5.57 Å². The fourth-order valence-corrected chi connectivity index (χ4v) is 2.62. The van der Waals surface area contributed by atoms with E-state index in [1.807, 2.05) is 52.0 Å². The van der Waals surface area contributed by atoms with Crippen molar-refractivity contribution in [2.75, 3.05) is 7.11 Å². The number of nitrogens with zero attached hydrogens (tertiary/aromatic N) is 2. The van der Waals surface area contributed by atoms with Crippen molar-refractivity contribution in [3.63, 3.8) is 0 Å². The zero-order valence-corrected chi connectivity index (χ0v) is 17.4. The normalized spacial score (nSPS) is 11.9. The minimum absolute atomic E-state index is 0.188. The van der Waals surface area contributed by atoms with Gasteiger partial charge in [0.25, 0.3) is 5.91 Å². The number of hydrogen-bond acceptors (Lipinski definition) is 3. The van der Waals surface area contributed by atoms with E-state index < -0.39 is 5.60 Å². The first-order valence-electron chi connectivity index (χ1n) is 9.00. The summed E-state index contributed by atoms with van der Waals surface area (Å²) in [4.78, 5) is 12.5. The van der Waals surface area contributed by atoms with E-state index in [1.54, 1.807) is 31.1 Å². The Balaban J connectivity index is 2.24. The van der Waals surface area contributed by atoms with Crippen molar-refractivity contribution >= 4 is 11.5 Å². The zero-order valence-electron chi connectivity index (χ0n) is 17.4. The molecule has 0 atom stereocenters. The second kappa shape index (κ2) is 8.73. The van der Waals surface area contributed by atoms with Gasteiger partial charge in [-0.1, -0.05) is 36.6 Å². The molecular weight excluding hydrogens is 350 g/mol. The van der Waals surface area contributed by atoms with Crippen LogP contribution in [0.4, 0.5) is 0 Å². The molecule has 5 heteroatoms. The van der Waals surface area contributed by atoms with Gasteiger partial charge in [0, 0.05) is 37.2 Å². The quantitative estimate of drug-likeness (QED) is 0.636. The predicted octanol–water partition coefficient (Wildman–Crippen LogP) is 3.85. The molecule has 2 rings (SSSR count). The molecule has 0 bridgehead atoms. The second-order valence-electron chi connectivity index (χ2n) is 7.04. The van der Waals surface area contributed by atoms with E-state index >= 15 is 0 Å². The van der Waals surface area contributed by atoms with Gasteiger partial charge in [-0.25, -0.2) is 0 Å². The summed E-state index contributed by atoms with van der Waals surface area (Å²) in [6, 6.07) is 7.81. The highest BCUT2D eigenvalue weighted by Gasteiger charge is 2.14. The van der Waals surface area contributed by atoms with Gasteiger partial charge in [0.1, 0.15) is 5.60 Å². The van der Waals surface area contributed by atoms with Crippen LogP contribution < -0.4 is 5.32 Å². The molecule has 2 aromatic rings. The highest BCUT2D eigenvalue weighted by molar-refractivity contribution is 5.97. The summed E-state index contributed by atoms with van der Waals surface area (Å²) in [5.74, 6) is 6.02. The van der Waals surface area contributed by atoms with Crippen LogP contribution in [0.3, 0.4) is 0 Å². The van der Waals surface area contributed by atoms with Crippen LogP contribution in [-0.4, -0.2) is 28.4 Å². The molecule has 1 heterocycles. The molecule has 0 saturated heterocycles. The maximum absolute atomic E-state index is 12.5. The molecule has 0 radical (unpaired) electrons. The number of benzene rings is 1. The molecular formula is C23H27N3O2. The molecule has 28 heavy (non-hydrogen) atoms. The molecule has 0 saturated carbocycles. The first-order chi connectivity index (χ1) is 13.2. The van der Waals surface area contributed by atoms with Crippen LogP contribution in [0.1, 0.15) is 48.0 Å². The Morgan fingerprint density at radius 3 is 2.46 bits per heavy atom. The van der Waals surface area contributed by atoms with Gasteiger partial charge in [0.15, 0.2) is 0 Å². The monoisotopic (exact) mass is 377 g/mol. The summed E-state index contributed by atoms with van der Waals surface area (Å²) in [7, 11) is 3.43. The van der Waals surface area contributed by atoms with Crippen molar-refractivity contribution in [1.29, 1.82) is 0 Å². The van der Waals surface area contributed by atoms with Gasteiger partial charge in [-0.2, -0.15) is 5.10 Å². The molecule has 0 fully saturated rings. The smallest absolute Gasteiger partial charge is 0.258 e. The lowest BCUT2D eigenvalue weighted by Gasteiger charge is -2.14. The maximum Gasteiger partial charge on any atom is 0.258 e. The third kappa shape index (κ3) is 5.21. The van der Waals surface area contributed by atoms with E-state index in [0.717, 1.165) is 22.4 Å². The third-order valence-corrected chi connectivity index (χ3v) is 4.38. The van der Waals surface area contributed by atoms with Gasteiger partial charge >= 0.3 is 0 Å². The number of rotatable bonds is 5. The number of amides is 1. The Morgan fingerprint density at radius 2 is 1.96 bits per heavy atom. The number of nitrogens with one attached hydrogen (secondary N) is 1. The van der Waals surface area contributed by atoms with Crippen molar-refractivity contribution < 1.29 is 9.53 Å². The number of ether oxygens (including phenoxy) is 1. The molecule has 0 unspecified atom stereocenters. The molecule has 1 N–H and O–H groups in total. The average Bonchev–Trinajstić information content (AvgIpc) is 3.00. The predicted molar refractivity (Wildman–Crippen MR) is 113 cm³/mol. The Bertz CT molecular complexity index is 968. The van der Waals surface area contributed by atoms with Gasteiger partial charge in [0.05, 0.1) is 11.3 Å². The molecule has 0 aliphatic carbocycles. The van der Waals surface area contributed by atoms with Crippen molar-refractivity contribution in [2.24, 2.45) is 7.05 Å². The number of carbonyl (C=O) groups is 1. The van der Waals surface area contributed by atoms with Gasteiger partial charge in [0.2, 0.25) is 0 Å². The summed E-state index contributed by atoms with van der Waals surface area (Å²) in [6.45, 7) is 11.4. The van der Waals surface area contributed by atoms with Crippen molar-refractivity contribution in [3.8, 4) is 11.8 Å². The Kier molecular flexibility index (Phi) is 6.61. The molecule has 1 amide bonds. The summed E-state index contributed by atoms with van der Waals surface area (Å²) >= 11 is 0. The Morgan fingerprint density at radius 1 is 1.32 bits per heavy atom. The average molecular weight is 377 g/mol. The number of allylic oxidation sites excluding steroid dienone is 3. The number of carbonyl (C=O) groups excluding carboxylic acids is 1. The van der Waals surface area contributed by atoms with Crippen molar-refractivity contribution in [1.82, 2.24) is 15.1 Å². The minimum atomic E-state index is -0.490. The van der Waals surface area contributed by atoms with Crippen LogP contribution in [0.5, 0.6) is 0 Å². The standard InChI is InChI=1S/C23H27N3O2/c1-8-20(16(2)24-22(27)21-15-26(6)25-17(21)3)19-11-9-18(10-12-19)13-14-23(4,5)28-7/h8-12,15H,1H2,2-7H3,(H,24,27)/b20-16-. The largest absolute Gasteiger partial charge is 0.366 e. The molecule has 1 aromatic heterocycles. The van der Waals surface area contributed by atoms with Crippen LogP contribution >= 0.6 is 0 Å². The summed E-state index contributed by atoms with van der Waals surface area (Å²) in [5.41, 5.74) is 4.17. The van der Waals surface area contributed by atoms with E-state index in [4.69, 9.17) is 4.74 Å². The Hall–Kier alpha value is -3.10. The van der Waals surface area contributed by atoms with Crippen molar-refractivity contribution in [3.05, 3.63) is 71.2 Å². The van der Waals surface area contributed by atoms with E-state index in [2.05, 4.69) is 28.8 Å². The van der Waals surface area contributed by atoms with E-state index in [9.17, 15) is 4.79 Å². The van der Waals surface area contributed by atoms with E-state index in [-0.39, 0.29) is 5.91 Å². The van der Waals surface area contributed by atoms with Gasteiger partial charge in [-0.05, 0) is 45.4 Å². The fraction of sp³-hybridized carbons (Fsp3) is 0.304. The molecule has 0 aliphatic rings. The van der Waals surface area contributed by atoms with Crippen molar-refractivity contribution in [2.45, 2.75) is 33.3 Å². The number of aryl methyl sites for hydroxylation is 2. The van der Waals surface area contributed by atoms with Crippen LogP contribution in [0, 0.1) is 18.8 Å². The molecule has 0 spiro atoms. The van der Waals surface area contributed by atoms with Crippen LogP contribution in [-0.2, 0) is 11.8 Å². The molecule has 0 aliphatic heterocycles. The molecule has 1 aromatic carbocycles. The number of aromatic nitrogens is 2. The highest BCUT2D eigenvalue weighted by atomic mass is 16.5. The van der Waals surface area contributed by atoms with Crippen LogP contribution in [0.2, 0.25) is 0 Å². The SMILES string of the molecule is C=C/C(=C(\C)NC(=O)c1cn(C)nc1C)c1ccc(C#CC(C)(C)OC)cc1. The highest BCUT2D eigenvalue weighted by Crippen LogP contribution is 2.20. The van der Waals surface area contributed by atoms with Crippen LogP contribution in [0.15, 0.2) is 48.8 Å². The van der Waals surface area contributed by atoms with Gasteiger partial charge < -0.3 is 10.1 Å². The summed E-state index contributed by atoms with van der Waals surface area (Å²) < 4.78 is 6.94. The first kappa shape index (κ1) is 21.2. The lowest BCUT2D eigenvalue weighted by Crippen LogP contribution is -2.22. The Labute approximate surface area is 167 Å². The van der Waals surface area contributed by atoms with Gasteiger partial charge in [-0.15, -0.1) is 0 Å². The summed E-state index contributed by atoms with van der Waals surface area (Å²) in [6.07, 6.45) is 3.45. The number of methoxy groups -OCH3 is 1. The topological polar surface area (TPSA) is 56.2 Å². The third-order valence-electron chi connectivity index (χ3n) is 4.38. The van der Waals surface area contributed by atoms with E-state index in [1.165, 1.54) is 0 Å². The lowest BCUT2D eigenvalue weighted by atomic mass is 10.0. The molecule has 5 nitrogen and oxygen atoms in total. The molecule has 146 valence electrons. The zero-order chi connectivity index (χ0) is 20.9. The first-order valence-corrected chi connectivity index (χ1v) is 9.00. The summed E-state index contributed by atoms with van der Waals surface area (Å²) in [5, 5.41) is 7.15. The maximum atomic E-state index is 12.5. The van der Waals surface area contributed by atoms with Gasteiger partial charge in [-0.3, -0.25) is 9.48 Å². The second-order valence-corrected chi connectivity index (χ2v) is 7.04. The minimum Gasteiger partial charge on any atom is -0.366 e. The number of hydrogen-bond donors (Lipinski definition) is 1. The van der Waals surface area contributed by atoms with E-state index in [0.29, 0.717) is 11.3 Å². The fourth-order valence-electron chi connectivity index (χ4n) is 2.62. The lowest BCUT2D eigenvalue weighted by molar-refractivity contribution is 0.0741.